The number of methoxy groups -OCH3 is 1. The molecular weight excluding hydrogens is 236 g/mol. The Morgan fingerprint density at radius 1 is 1.37 bits per heavy atom. The van der Waals surface area contributed by atoms with Gasteiger partial charge in [-0.15, -0.1) is 0 Å². The van der Waals surface area contributed by atoms with Crippen LogP contribution in [0.4, 0.5) is 0 Å². The average molecular weight is 262 g/mol. The molecule has 0 heterocycles. The Bertz CT molecular complexity index is 415. The van der Waals surface area contributed by atoms with Crippen LogP contribution >= 0.6 is 0 Å². The first-order valence-electron chi connectivity index (χ1n) is 7.20. The molecule has 0 saturated heterocycles. The first kappa shape index (κ1) is 14.5. The fourth-order valence-corrected chi connectivity index (χ4v) is 2.77. The van der Waals surface area contributed by atoms with Gasteiger partial charge in [0.1, 0.15) is 0 Å². The number of hydrogen-bond acceptors (Lipinski definition) is 3. The topological polar surface area (TPSA) is 38.5 Å². The Morgan fingerprint density at radius 2 is 2.11 bits per heavy atom. The molecule has 0 amide bonds. The van der Waals surface area contributed by atoms with E-state index in [-0.39, 0.29) is 0 Å². The Morgan fingerprint density at radius 3 is 2.68 bits per heavy atom. The van der Waals surface area contributed by atoms with Gasteiger partial charge in [-0.05, 0) is 43.4 Å². The maximum atomic E-state index is 6.08. The third-order valence-corrected chi connectivity index (χ3v) is 4.20. The maximum absolute atomic E-state index is 6.08. The lowest BCUT2D eigenvalue weighted by atomic mass is 9.96. The van der Waals surface area contributed by atoms with E-state index < -0.39 is 0 Å². The second kappa shape index (κ2) is 6.51. The number of nitrogens with zero attached hydrogens (tertiary/aromatic N) is 1. The molecule has 106 valence electrons. The molecule has 3 nitrogen and oxygen atoms in total. The molecule has 1 fully saturated rings. The van der Waals surface area contributed by atoms with Crippen molar-refractivity contribution in [3.8, 4) is 0 Å². The van der Waals surface area contributed by atoms with Crippen molar-refractivity contribution in [3.05, 3.63) is 34.9 Å². The fraction of sp³-hybridized carbons (Fsp3) is 0.625. The molecule has 0 aliphatic heterocycles. The van der Waals surface area contributed by atoms with Gasteiger partial charge in [0.05, 0.1) is 6.61 Å². The molecule has 0 radical (unpaired) electrons. The highest BCUT2D eigenvalue weighted by Crippen LogP contribution is 2.35. The molecule has 1 saturated carbocycles. The van der Waals surface area contributed by atoms with Crippen LogP contribution in [0.2, 0.25) is 0 Å². The van der Waals surface area contributed by atoms with E-state index in [1.54, 1.807) is 7.11 Å². The first-order chi connectivity index (χ1) is 9.19. The Hall–Kier alpha value is -0.900. The highest BCUT2D eigenvalue weighted by Gasteiger charge is 2.34. The number of rotatable bonds is 7. The van der Waals surface area contributed by atoms with Crippen LogP contribution in [0.25, 0.3) is 0 Å². The lowest BCUT2D eigenvalue weighted by Crippen LogP contribution is -2.38. The number of nitrogens with two attached hydrogens (primary N) is 1. The van der Waals surface area contributed by atoms with Crippen LogP contribution in [-0.4, -0.2) is 37.7 Å². The van der Waals surface area contributed by atoms with Gasteiger partial charge >= 0.3 is 0 Å². The van der Waals surface area contributed by atoms with Gasteiger partial charge in [-0.3, -0.25) is 4.90 Å². The van der Waals surface area contributed by atoms with Crippen LogP contribution in [0.15, 0.2) is 18.2 Å². The van der Waals surface area contributed by atoms with Gasteiger partial charge < -0.3 is 10.5 Å². The van der Waals surface area contributed by atoms with E-state index in [2.05, 4.69) is 36.9 Å². The van der Waals surface area contributed by atoms with Gasteiger partial charge in [-0.2, -0.15) is 0 Å². The quantitative estimate of drug-likeness (QED) is 0.820. The van der Waals surface area contributed by atoms with Crippen LogP contribution in [-0.2, 0) is 4.74 Å². The number of benzene rings is 1. The Balaban J connectivity index is 2.23. The molecule has 2 rings (SSSR count). The van der Waals surface area contributed by atoms with Crippen molar-refractivity contribution in [2.75, 3.05) is 26.8 Å². The minimum atomic E-state index is 0.322. The van der Waals surface area contributed by atoms with Crippen LogP contribution in [0.3, 0.4) is 0 Å². The second-order valence-corrected chi connectivity index (χ2v) is 5.50. The number of aryl methyl sites for hydroxylation is 1. The molecule has 0 bridgehead atoms. The van der Waals surface area contributed by atoms with Crippen molar-refractivity contribution in [1.29, 1.82) is 0 Å². The standard InChI is InChI=1S/C16H26N2O/c1-12-5-4-6-15(13(12)2)16(11-17)18(9-10-19-3)14-7-8-14/h4-6,14,16H,7-11,17H2,1-3H3. The smallest absolute Gasteiger partial charge is 0.0590 e. The minimum Gasteiger partial charge on any atom is -0.383 e. The normalized spacial score (nSPS) is 16.9. The third-order valence-electron chi connectivity index (χ3n) is 4.20. The summed E-state index contributed by atoms with van der Waals surface area (Å²) < 4.78 is 5.25. The van der Waals surface area contributed by atoms with Crippen LogP contribution in [0.1, 0.15) is 35.6 Å². The molecule has 1 aliphatic rings. The zero-order chi connectivity index (χ0) is 13.8. The number of hydrogen-bond donors (Lipinski definition) is 1. The first-order valence-corrected chi connectivity index (χ1v) is 7.20. The molecule has 1 aromatic rings. The minimum absolute atomic E-state index is 0.322. The summed E-state index contributed by atoms with van der Waals surface area (Å²) in [5, 5.41) is 0. The molecule has 2 N–H and O–H groups in total. The van der Waals surface area contributed by atoms with E-state index >= 15 is 0 Å². The Kier molecular flexibility index (Phi) is 4.97. The molecule has 1 atom stereocenters. The molecule has 0 aromatic heterocycles. The maximum Gasteiger partial charge on any atom is 0.0590 e. The molecule has 1 aliphatic carbocycles. The van der Waals surface area contributed by atoms with Gasteiger partial charge in [-0.1, -0.05) is 18.2 Å². The summed E-state index contributed by atoms with van der Waals surface area (Å²) in [6.07, 6.45) is 2.59. The van der Waals surface area contributed by atoms with E-state index in [9.17, 15) is 0 Å². The van der Waals surface area contributed by atoms with Crippen molar-refractivity contribution >= 4 is 0 Å². The zero-order valence-corrected chi connectivity index (χ0v) is 12.4. The van der Waals surface area contributed by atoms with Crippen molar-refractivity contribution in [2.24, 2.45) is 5.73 Å². The fourth-order valence-electron chi connectivity index (χ4n) is 2.77. The summed E-state index contributed by atoms with van der Waals surface area (Å²) >= 11 is 0. The van der Waals surface area contributed by atoms with E-state index in [1.165, 1.54) is 29.5 Å². The molecular formula is C16H26N2O. The molecule has 19 heavy (non-hydrogen) atoms. The predicted octanol–water partition coefficient (Wildman–Crippen LogP) is 2.41. The summed E-state index contributed by atoms with van der Waals surface area (Å²) in [5.74, 6) is 0. The van der Waals surface area contributed by atoms with Crippen LogP contribution in [0, 0.1) is 13.8 Å². The van der Waals surface area contributed by atoms with Crippen molar-refractivity contribution in [2.45, 2.75) is 38.8 Å². The Labute approximate surface area is 116 Å². The zero-order valence-electron chi connectivity index (χ0n) is 12.4. The van der Waals surface area contributed by atoms with Gasteiger partial charge in [0.2, 0.25) is 0 Å². The molecule has 0 spiro atoms. The largest absolute Gasteiger partial charge is 0.383 e. The van der Waals surface area contributed by atoms with E-state index in [1.807, 2.05) is 0 Å². The summed E-state index contributed by atoms with van der Waals surface area (Å²) in [7, 11) is 1.76. The molecule has 3 heteroatoms. The average Bonchev–Trinajstić information content (AvgIpc) is 3.23. The van der Waals surface area contributed by atoms with Gasteiger partial charge in [0.15, 0.2) is 0 Å². The SMILES string of the molecule is COCCN(C1CC1)C(CN)c1cccc(C)c1C. The summed E-state index contributed by atoms with van der Waals surface area (Å²) in [6.45, 7) is 6.79. The third kappa shape index (κ3) is 3.35. The van der Waals surface area contributed by atoms with Gasteiger partial charge in [0.25, 0.3) is 0 Å². The summed E-state index contributed by atoms with van der Waals surface area (Å²) in [4.78, 5) is 2.53. The lowest BCUT2D eigenvalue weighted by Gasteiger charge is -2.32. The highest BCUT2D eigenvalue weighted by atomic mass is 16.5. The summed E-state index contributed by atoms with van der Waals surface area (Å²) in [6, 6.07) is 7.55. The molecule has 1 aromatic carbocycles. The van der Waals surface area contributed by atoms with Crippen molar-refractivity contribution in [3.63, 3.8) is 0 Å². The van der Waals surface area contributed by atoms with Crippen molar-refractivity contribution < 1.29 is 4.74 Å². The van der Waals surface area contributed by atoms with E-state index in [0.29, 0.717) is 18.6 Å². The number of ether oxygens (including phenoxy) is 1. The van der Waals surface area contributed by atoms with Gasteiger partial charge in [-0.25, -0.2) is 0 Å². The van der Waals surface area contributed by atoms with Gasteiger partial charge in [0, 0.05) is 32.3 Å². The van der Waals surface area contributed by atoms with Crippen molar-refractivity contribution in [1.82, 2.24) is 4.90 Å². The monoisotopic (exact) mass is 262 g/mol. The predicted molar refractivity (Wildman–Crippen MR) is 79.3 cm³/mol. The van der Waals surface area contributed by atoms with Crippen LogP contribution in [0.5, 0.6) is 0 Å². The second-order valence-electron chi connectivity index (χ2n) is 5.50. The lowest BCUT2D eigenvalue weighted by molar-refractivity contribution is 0.115. The summed E-state index contributed by atoms with van der Waals surface area (Å²) in [5.41, 5.74) is 10.2. The van der Waals surface area contributed by atoms with E-state index in [0.717, 1.165) is 13.2 Å². The van der Waals surface area contributed by atoms with E-state index in [4.69, 9.17) is 10.5 Å². The highest BCUT2D eigenvalue weighted by molar-refractivity contribution is 5.35. The molecule has 1 unspecified atom stereocenters. The van der Waals surface area contributed by atoms with Crippen LogP contribution < -0.4 is 5.73 Å².